The van der Waals surface area contributed by atoms with E-state index >= 15 is 0 Å². The van der Waals surface area contributed by atoms with E-state index in [0.717, 1.165) is 95.6 Å². The van der Waals surface area contributed by atoms with Gasteiger partial charge in [0, 0.05) is 55.1 Å². The van der Waals surface area contributed by atoms with Crippen molar-refractivity contribution in [2.24, 2.45) is 0 Å². The summed E-state index contributed by atoms with van der Waals surface area (Å²) in [5.41, 5.74) is 13.1. The van der Waals surface area contributed by atoms with Crippen molar-refractivity contribution in [1.29, 1.82) is 0 Å². The topological polar surface area (TPSA) is 40.8 Å². The molecule has 0 bridgehead atoms. The van der Waals surface area contributed by atoms with Crippen LogP contribution in [-0.4, -0.2) is 26.8 Å². The van der Waals surface area contributed by atoms with E-state index in [0.29, 0.717) is 45.1 Å². The molecule has 18 rings (SSSR count). The monoisotopic (exact) mass is 1530 g/mol. The Morgan fingerprint density at radius 1 is 0.461 bits per heavy atom. The zero-order valence-electron chi connectivity index (χ0n) is 73.2. The summed E-state index contributed by atoms with van der Waals surface area (Å²) in [6.45, 7) is 22.3. The zero-order chi connectivity index (χ0) is 82.0. The van der Waals surface area contributed by atoms with E-state index in [1.54, 1.807) is 22.8 Å². The summed E-state index contributed by atoms with van der Waals surface area (Å²) in [4.78, 5) is 4.93. The van der Waals surface area contributed by atoms with Crippen molar-refractivity contribution in [2.45, 2.75) is 104 Å². The first-order valence-corrected chi connectivity index (χ1v) is 36.4. The van der Waals surface area contributed by atoms with E-state index in [-0.39, 0.29) is 53.8 Å². The molecule has 1 aliphatic heterocycles. The maximum Gasteiger partial charge on any atom is 0.268 e. The Labute approximate surface area is 634 Å². The molecule has 0 spiro atoms. The fourth-order valence-corrected chi connectivity index (χ4v) is 19.7. The van der Waals surface area contributed by atoms with Crippen LogP contribution in [-0.2, 0) is 42.7 Å². The number of hydrogen-bond acceptors (Lipinski definition) is 2. The van der Waals surface area contributed by atoms with Crippen molar-refractivity contribution in [3.05, 3.63) is 313 Å². The standard InChI is InChI=1S/C94H79N5OSi.Pt/c1-91(2,3)61-47-50-95-88(53-61)99-84-44-27-24-41-74(84)75-46-45-65(55-85(75)99)100-64-30-28-29-63(54-64)96-60-97-89-79(56-69(57-86(89)96)101(66-31-14-11-15-32-66,67-33-16-12-17-34-67)68-35-18-13-19-36-68)71-38-21-20-37-70(71)76-58-80-81(94(9,10)49-48-93(80,7)8)59-77(76)78-51-62(92(4,5)6)52-87(90(78)97)98-82-42-25-22-39-72(82)73-40-23-26-43-83(73)98;/h11-47,50-53,56-59H,48-49H2,1-10H3;/q-2;/i11D,12D,13D,14D,15D,16D,17D,18D,19D,31D,32D,33D,34D,35D,36D;. The first-order valence-electron chi connectivity index (χ1n) is 41.9. The van der Waals surface area contributed by atoms with Crippen LogP contribution in [0.4, 0.5) is 0 Å². The fourth-order valence-electron chi connectivity index (χ4n) is 15.9. The predicted molar refractivity (Wildman–Crippen MR) is 420 cm³/mol. The minimum absolute atomic E-state index is 0. The fraction of sp³-hybridized carbons (Fsp3) is 0.170. The second-order valence-electron chi connectivity index (χ2n) is 30.3. The van der Waals surface area contributed by atoms with Gasteiger partial charge in [0.15, 0.2) is 8.07 Å². The van der Waals surface area contributed by atoms with Crippen molar-refractivity contribution in [1.82, 2.24) is 18.7 Å². The number of aromatic nitrogens is 5. The average Bonchev–Trinajstić information content (AvgIpc) is 1.61. The molecule has 502 valence electrons. The second kappa shape index (κ2) is 24.1. The summed E-state index contributed by atoms with van der Waals surface area (Å²) < 4.78 is 163. The van der Waals surface area contributed by atoms with Crippen LogP contribution in [0.5, 0.6) is 11.5 Å². The van der Waals surface area contributed by atoms with Gasteiger partial charge in [0.2, 0.25) is 0 Å². The average molecular weight is 1530 g/mol. The minimum atomic E-state index is -5.90. The van der Waals surface area contributed by atoms with Crippen LogP contribution in [0.1, 0.15) is 125 Å². The van der Waals surface area contributed by atoms with Crippen molar-refractivity contribution >= 4 is 83.5 Å². The third kappa shape index (κ3) is 10.3. The molecule has 0 radical (unpaired) electrons. The molecule has 0 saturated heterocycles. The van der Waals surface area contributed by atoms with Gasteiger partial charge >= 0.3 is 0 Å². The summed E-state index contributed by atoms with van der Waals surface area (Å²) in [5, 5.41) is 1.93. The summed E-state index contributed by atoms with van der Waals surface area (Å²) in [5.74, 6) is 1.25. The Balaban J connectivity index is 0.00000983. The van der Waals surface area contributed by atoms with E-state index in [1.165, 1.54) is 5.56 Å². The molecule has 0 fully saturated rings. The van der Waals surface area contributed by atoms with Crippen LogP contribution >= 0.6 is 0 Å². The van der Waals surface area contributed by atoms with E-state index in [9.17, 15) is 16.4 Å². The minimum Gasteiger partial charge on any atom is -0.510 e. The smallest absolute Gasteiger partial charge is 0.268 e. The van der Waals surface area contributed by atoms with E-state index in [4.69, 9.17) is 13.8 Å². The molecule has 0 amide bonds. The summed E-state index contributed by atoms with van der Waals surface area (Å²) >= 11 is 0. The molecule has 6 nitrogen and oxygen atoms in total. The quantitative estimate of drug-likeness (QED) is 0.0625. The first-order chi connectivity index (χ1) is 55.0. The Hall–Kier alpha value is -10.4. The van der Waals surface area contributed by atoms with Crippen LogP contribution in [0.2, 0.25) is 0 Å². The van der Waals surface area contributed by atoms with Gasteiger partial charge in [-0.25, -0.2) is 4.98 Å². The molecule has 0 N–H and O–H groups in total. The third-order valence-electron chi connectivity index (χ3n) is 21.2. The molecular formula is C94H79N5OPtSi-2. The molecule has 2 aliphatic rings. The molecule has 0 unspecified atom stereocenters. The maximum absolute atomic E-state index is 10.3. The summed E-state index contributed by atoms with van der Waals surface area (Å²) in [6, 6.07) is 53.0. The zero-order valence-corrected chi connectivity index (χ0v) is 61.5. The predicted octanol–water partition coefficient (Wildman–Crippen LogP) is 20.3. The van der Waals surface area contributed by atoms with Crippen LogP contribution < -0.4 is 30.1 Å². The van der Waals surface area contributed by atoms with Crippen molar-refractivity contribution < 1.29 is 50.9 Å². The SMILES string of the molecule is [2H]c1c([2H])c([2H])c([Si](c2cc3c4c(c2)n(-c2[c-]c(Oc5[c-]c6c(cc5)c5ccccc5n6-c5cc(C(C)(C)C)ccn5)ccc2)[c-][n+]4-c2c(cc(C(C)(C)C)cc2-n2c4ccccc4c4ccccc42)-c2cc4c(cc2-c2ccccc2-3)C(C)(C)CCC4(C)C)(c2c([2H])c([2H])c([2H])c([2H])c2[2H])c2c([2H])c([2H])c([2H])c([2H])c2[2H])c([2H])c1[2H].[Pt]. The number of nitrogens with zero attached hydrogens (tertiary/aromatic N) is 5. The number of pyridine rings is 1. The molecule has 16 aromatic rings. The summed E-state index contributed by atoms with van der Waals surface area (Å²) in [6.07, 6.45) is 7.57. The molecule has 102 heavy (non-hydrogen) atoms. The third-order valence-corrected chi connectivity index (χ3v) is 25.4. The molecule has 1 aliphatic carbocycles. The van der Waals surface area contributed by atoms with Crippen molar-refractivity contribution in [3.8, 4) is 67.8 Å². The Kier molecular flexibility index (Phi) is 11.8. The number of ether oxygens (including phenoxy) is 1. The maximum atomic E-state index is 10.3. The number of imidazole rings is 1. The van der Waals surface area contributed by atoms with Gasteiger partial charge in [-0.05, 0) is 164 Å². The van der Waals surface area contributed by atoms with Gasteiger partial charge in [0.25, 0.3) is 6.33 Å². The number of rotatable bonds is 9. The molecule has 12 aromatic carbocycles. The van der Waals surface area contributed by atoms with Crippen molar-refractivity contribution in [2.75, 3.05) is 0 Å². The van der Waals surface area contributed by atoms with Crippen LogP contribution in [0.3, 0.4) is 0 Å². The van der Waals surface area contributed by atoms with Gasteiger partial charge in [-0.3, -0.25) is 4.57 Å². The van der Waals surface area contributed by atoms with E-state index in [2.05, 4.69) is 170 Å². The molecule has 5 heterocycles. The Morgan fingerprint density at radius 2 is 0.980 bits per heavy atom. The second-order valence-corrected chi connectivity index (χ2v) is 33.9. The molecule has 4 aromatic heterocycles. The van der Waals surface area contributed by atoms with Gasteiger partial charge in [-0.1, -0.05) is 269 Å². The van der Waals surface area contributed by atoms with E-state index < -0.39 is 120 Å². The normalized spacial score (nSPS) is 16.0. The van der Waals surface area contributed by atoms with Gasteiger partial charge in [-0.15, -0.1) is 29.7 Å². The van der Waals surface area contributed by atoms with Crippen LogP contribution in [0.15, 0.2) is 273 Å². The van der Waals surface area contributed by atoms with Gasteiger partial charge in [0.05, 0.1) is 54.0 Å². The van der Waals surface area contributed by atoms with Crippen LogP contribution in [0, 0.1) is 18.5 Å². The molecule has 0 saturated carbocycles. The van der Waals surface area contributed by atoms with Gasteiger partial charge in [-0.2, -0.15) is 18.2 Å². The first kappa shape index (κ1) is 50.0. The number of para-hydroxylation sites is 3. The van der Waals surface area contributed by atoms with Crippen LogP contribution in [0.25, 0.3) is 111 Å². The van der Waals surface area contributed by atoms with E-state index in [1.807, 2.05) is 95.7 Å². The summed E-state index contributed by atoms with van der Waals surface area (Å²) in [7, 11) is -5.90. The number of fused-ring (bicyclic) bond motifs is 14. The number of hydrogen-bond donors (Lipinski definition) is 0. The van der Waals surface area contributed by atoms with Gasteiger partial charge < -0.3 is 18.4 Å². The Bertz CT molecular complexity index is 6700. The molecular weight excluding hydrogens is 1440 g/mol. The molecule has 8 heteroatoms. The van der Waals surface area contributed by atoms with Gasteiger partial charge in [0.1, 0.15) is 5.82 Å². The molecule has 0 atom stereocenters. The number of benzene rings is 12. The Morgan fingerprint density at radius 3 is 1.56 bits per heavy atom. The largest absolute Gasteiger partial charge is 0.510 e. The van der Waals surface area contributed by atoms with Crippen molar-refractivity contribution in [3.63, 3.8) is 0 Å².